The van der Waals surface area contributed by atoms with Crippen molar-refractivity contribution in [2.75, 3.05) is 13.1 Å². The average Bonchev–Trinajstić information content (AvgIpc) is 3.29. The fourth-order valence-corrected chi connectivity index (χ4v) is 4.74. The Balaban J connectivity index is 1.46. The minimum Gasteiger partial charge on any atom is -0.353 e. The third-order valence-electron chi connectivity index (χ3n) is 6.43. The first-order chi connectivity index (χ1) is 13.5. The van der Waals surface area contributed by atoms with Gasteiger partial charge in [-0.15, -0.1) is 0 Å². The summed E-state index contributed by atoms with van der Waals surface area (Å²) in [6.07, 6.45) is 6.75. The first-order valence-corrected chi connectivity index (χ1v) is 10.5. The van der Waals surface area contributed by atoms with Crippen molar-refractivity contribution in [1.82, 2.24) is 20.1 Å². The van der Waals surface area contributed by atoms with E-state index >= 15 is 0 Å². The molecule has 146 valence electrons. The van der Waals surface area contributed by atoms with Crippen LogP contribution in [0.3, 0.4) is 0 Å². The van der Waals surface area contributed by atoms with Crippen LogP contribution in [-0.2, 0) is 12.8 Å². The van der Waals surface area contributed by atoms with E-state index < -0.39 is 0 Å². The molecule has 2 N–H and O–H groups in total. The molecule has 0 radical (unpaired) electrons. The number of rotatable bonds is 2. The Bertz CT molecular complexity index is 1040. The molecule has 1 saturated heterocycles. The fraction of sp³-hybridized carbons (Fsp3) is 0.478. The Morgan fingerprint density at radius 1 is 1.14 bits per heavy atom. The molecule has 3 heterocycles. The van der Waals surface area contributed by atoms with Crippen LogP contribution in [0.5, 0.6) is 0 Å². The van der Waals surface area contributed by atoms with E-state index in [4.69, 9.17) is 0 Å². The van der Waals surface area contributed by atoms with Crippen molar-refractivity contribution >= 4 is 16.8 Å². The lowest BCUT2D eigenvalue weighted by Gasteiger charge is -2.28. The number of likely N-dealkylation sites (tertiary alicyclic amines) is 1. The summed E-state index contributed by atoms with van der Waals surface area (Å²) >= 11 is 0. The number of piperidine rings is 1. The number of benzene rings is 1. The lowest BCUT2D eigenvalue weighted by Crippen LogP contribution is -2.35. The summed E-state index contributed by atoms with van der Waals surface area (Å²) in [6.45, 7) is 6.40. The van der Waals surface area contributed by atoms with E-state index in [1.807, 2.05) is 23.1 Å². The number of nitrogens with one attached hydrogen (secondary N) is 2. The van der Waals surface area contributed by atoms with Crippen LogP contribution in [-0.4, -0.2) is 39.1 Å². The molecule has 0 unspecified atom stereocenters. The second-order valence-electron chi connectivity index (χ2n) is 9.21. The Morgan fingerprint density at radius 3 is 2.79 bits per heavy atom. The second kappa shape index (κ2) is 6.50. The standard InChI is InChI=1S/C23H28N4O/c1-23(2)9-8-17-20(14-23)25-26-21(17)19-13-16-12-15(6-7-18(16)24-19)22(28)27-10-4-3-5-11-27/h6-7,12-13,24H,3-5,8-11,14H2,1-2H3,(H,25,26). The van der Waals surface area contributed by atoms with Crippen LogP contribution in [0.15, 0.2) is 24.3 Å². The van der Waals surface area contributed by atoms with E-state index in [1.165, 1.54) is 24.1 Å². The molecular weight excluding hydrogens is 348 g/mol. The van der Waals surface area contributed by atoms with Gasteiger partial charge in [-0.1, -0.05) is 13.8 Å². The quantitative estimate of drug-likeness (QED) is 0.681. The number of hydrogen-bond donors (Lipinski definition) is 2. The summed E-state index contributed by atoms with van der Waals surface area (Å²) in [7, 11) is 0. The minimum absolute atomic E-state index is 0.156. The number of carbonyl (C=O) groups is 1. The van der Waals surface area contributed by atoms with Crippen LogP contribution in [0.2, 0.25) is 0 Å². The van der Waals surface area contributed by atoms with Crippen LogP contribution >= 0.6 is 0 Å². The summed E-state index contributed by atoms with van der Waals surface area (Å²) in [5.41, 5.74) is 6.85. The summed E-state index contributed by atoms with van der Waals surface area (Å²) in [6, 6.07) is 8.13. The highest BCUT2D eigenvalue weighted by Gasteiger charge is 2.29. The maximum Gasteiger partial charge on any atom is 0.253 e. The summed E-state index contributed by atoms with van der Waals surface area (Å²) in [4.78, 5) is 18.3. The molecule has 3 aromatic rings. The zero-order chi connectivity index (χ0) is 19.3. The van der Waals surface area contributed by atoms with Crippen molar-refractivity contribution in [3.05, 3.63) is 41.1 Å². The number of carbonyl (C=O) groups excluding carboxylic acids is 1. The van der Waals surface area contributed by atoms with Gasteiger partial charge in [0.05, 0.1) is 5.69 Å². The van der Waals surface area contributed by atoms with Gasteiger partial charge in [0.2, 0.25) is 0 Å². The normalized spacial score (nSPS) is 19.0. The zero-order valence-corrected chi connectivity index (χ0v) is 16.8. The van der Waals surface area contributed by atoms with Crippen LogP contribution in [0.4, 0.5) is 0 Å². The summed E-state index contributed by atoms with van der Waals surface area (Å²) in [5.74, 6) is 0.156. The number of aromatic nitrogens is 3. The van der Waals surface area contributed by atoms with Crippen LogP contribution in [0, 0.1) is 5.41 Å². The van der Waals surface area contributed by atoms with Crippen molar-refractivity contribution in [2.45, 2.75) is 52.4 Å². The molecule has 1 aromatic carbocycles. The summed E-state index contributed by atoms with van der Waals surface area (Å²) in [5, 5.41) is 8.97. The van der Waals surface area contributed by atoms with E-state index in [1.54, 1.807) is 0 Å². The van der Waals surface area contributed by atoms with Gasteiger partial charge in [-0.05, 0) is 68.2 Å². The van der Waals surface area contributed by atoms with E-state index in [2.05, 4.69) is 35.1 Å². The molecule has 5 rings (SSSR count). The Labute approximate surface area is 165 Å². The van der Waals surface area contributed by atoms with Gasteiger partial charge in [-0.2, -0.15) is 5.10 Å². The van der Waals surface area contributed by atoms with E-state index in [9.17, 15) is 4.79 Å². The molecule has 1 amide bonds. The van der Waals surface area contributed by atoms with Gasteiger partial charge >= 0.3 is 0 Å². The molecule has 2 aromatic heterocycles. The van der Waals surface area contributed by atoms with E-state index in [-0.39, 0.29) is 5.91 Å². The molecule has 0 atom stereocenters. The molecule has 0 spiro atoms. The average molecular weight is 377 g/mol. The number of amides is 1. The lowest BCUT2D eigenvalue weighted by atomic mass is 9.76. The van der Waals surface area contributed by atoms with Crippen molar-refractivity contribution < 1.29 is 4.79 Å². The lowest BCUT2D eigenvalue weighted by molar-refractivity contribution is 0.0724. The van der Waals surface area contributed by atoms with Crippen molar-refractivity contribution in [2.24, 2.45) is 5.41 Å². The van der Waals surface area contributed by atoms with Gasteiger partial charge in [-0.3, -0.25) is 9.89 Å². The van der Waals surface area contributed by atoms with E-state index in [0.717, 1.165) is 66.6 Å². The third-order valence-corrected chi connectivity index (χ3v) is 6.43. The highest BCUT2D eigenvalue weighted by Crippen LogP contribution is 2.38. The largest absolute Gasteiger partial charge is 0.353 e. The fourth-order valence-electron chi connectivity index (χ4n) is 4.74. The van der Waals surface area contributed by atoms with Gasteiger partial charge in [-0.25, -0.2) is 0 Å². The van der Waals surface area contributed by atoms with Gasteiger partial charge in [0.1, 0.15) is 5.69 Å². The molecule has 5 nitrogen and oxygen atoms in total. The second-order valence-corrected chi connectivity index (χ2v) is 9.21. The van der Waals surface area contributed by atoms with Crippen molar-refractivity contribution in [3.8, 4) is 11.4 Å². The predicted octanol–water partition coefficient (Wildman–Crippen LogP) is 4.70. The molecule has 1 aliphatic carbocycles. The van der Waals surface area contributed by atoms with Crippen LogP contribution < -0.4 is 0 Å². The number of hydrogen-bond acceptors (Lipinski definition) is 2. The van der Waals surface area contributed by atoms with Gasteiger partial charge in [0.25, 0.3) is 5.91 Å². The minimum atomic E-state index is 0.156. The Morgan fingerprint density at radius 2 is 1.96 bits per heavy atom. The third kappa shape index (κ3) is 3.03. The smallest absolute Gasteiger partial charge is 0.253 e. The highest BCUT2D eigenvalue weighted by atomic mass is 16.2. The van der Waals surface area contributed by atoms with Crippen molar-refractivity contribution in [1.29, 1.82) is 0 Å². The zero-order valence-electron chi connectivity index (χ0n) is 16.8. The molecule has 2 aliphatic rings. The predicted molar refractivity (Wildman–Crippen MR) is 111 cm³/mol. The molecule has 28 heavy (non-hydrogen) atoms. The number of fused-ring (bicyclic) bond motifs is 2. The molecule has 1 fully saturated rings. The molecular formula is C23H28N4O. The van der Waals surface area contributed by atoms with Gasteiger partial charge in [0.15, 0.2) is 0 Å². The number of nitrogens with zero attached hydrogens (tertiary/aromatic N) is 2. The van der Waals surface area contributed by atoms with Gasteiger partial charge in [0, 0.05) is 40.8 Å². The molecule has 5 heteroatoms. The molecule has 0 saturated carbocycles. The van der Waals surface area contributed by atoms with Crippen LogP contribution in [0.25, 0.3) is 22.3 Å². The monoisotopic (exact) mass is 376 g/mol. The number of H-pyrrole nitrogens is 2. The topological polar surface area (TPSA) is 64.8 Å². The first kappa shape index (κ1) is 17.5. The molecule has 1 aliphatic heterocycles. The molecule has 0 bridgehead atoms. The SMILES string of the molecule is CC1(C)CCc2c(-c3cc4cc(C(=O)N5CCCCC5)ccc4[nH]3)n[nH]c2C1. The van der Waals surface area contributed by atoms with Gasteiger partial charge < -0.3 is 9.88 Å². The maximum atomic E-state index is 12.8. The maximum absolute atomic E-state index is 12.8. The first-order valence-electron chi connectivity index (χ1n) is 10.5. The number of aromatic amines is 2. The Kier molecular flexibility index (Phi) is 4.07. The summed E-state index contributed by atoms with van der Waals surface area (Å²) < 4.78 is 0. The van der Waals surface area contributed by atoms with Crippen molar-refractivity contribution in [3.63, 3.8) is 0 Å². The highest BCUT2D eigenvalue weighted by molar-refractivity contribution is 5.99. The Hall–Kier alpha value is -2.56. The van der Waals surface area contributed by atoms with Crippen LogP contribution in [0.1, 0.15) is 61.1 Å². The van der Waals surface area contributed by atoms with E-state index in [0.29, 0.717) is 5.41 Å².